The molecule has 0 bridgehead atoms. The van der Waals surface area contributed by atoms with Crippen LogP contribution in [0.2, 0.25) is 0 Å². The summed E-state index contributed by atoms with van der Waals surface area (Å²) < 4.78 is 5.73. The molecule has 0 aliphatic rings. The molecule has 0 saturated heterocycles. The minimum atomic E-state index is 0.194. The molecule has 1 heterocycles. The number of rotatable bonds is 5. The topological polar surface area (TPSA) is 48.1 Å². The van der Waals surface area contributed by atoms with Gasteiger partial charge in [-0.15, -0.1) is 0 Å². The van der Waals surface area contributed by atoms with E-state index in [2.05, 4.69) is 37.9 Å². The van der Waals surface area contributed by atoms with Crippen molar-refractivity contribution in [2.75, 3.05) is 0 Å². The van der Waals surface area contributed by atoms with Gasteiger partial charge in [-0.2, -0.15) is 0 Å². The third-order valence-electron chi connectivity index (χ3n) is 3.78. The molecule has 106 valence electrons. The van der Waals surface area contributed by atoms with Gasteiger partial charge >= 0.3 is 0 Å². The lowest BCUT2D eigenvalue weighted by atomic mass is 9.82. The lowest BCUT2D eigenvalue weighted by Crippen LogP contribution is -2.14. The van der Waals surface area contributed by atoms with Gasteiger partial charge in [0.05, 0.1) is 0 Å². The summed E-state index contributed by atoms with van der Waals surface area (Å²) in [7, 11) is 0. The van der Waals surface area contributed by atoms with Crippen molar-refractivity contribution in [3.8, 4) is 11.6 Å². The average Bonchev–Trinajstić information content (AvgIpc) is 2.48. The summed E-state index contributed by atoms with van der Waals surface area (Å²) in [6, 6.07) is 12.0. The monoisotopic (exact) mass is 270 g/mol. The number of benzene rings is 1. The molecule has 20 heavy (non-hydrogen) atoms. The van der Waals surface area contributed by atoms with E-state index in [1.807, 2.05) is 24.3 Å². The van der Waals surface area contributed by atoms with Crippen molar-refractivity contribution in [2.45, 2.75) is 39.2 Å². The smallest absolute Gasteiger partial charge is 0.219 e. The highest BCUT2D eigenvalue weighted by molar-refractivity contribution is 5.33. The van der Waals surface area contributed by atoms with Crippen LogP contribution in [-0.2, 0) is 12.0 Å². The van der Waals surface area contributed by atoms with Crippen LogP contribution in [0.3, 0.4) is 0 Å². The molecule has 1 aromatic carbocycles. The molecule has 0 saturated carbocycles. The first-order valence-electron chi connectivity index (χ1n) is 6.98. The number of nitrogens with two attached hydrogens (primary N) is 1. The van der Waals surface area contributed by atoms with Crippen molar-refractivity contribution in [2.24, 2.45) is 5.73 Å². The standard InChI is InChI=1S/C17H22N2O/c1-4-17(2,3)14-6-8-15(9-7-14)20-16-10-5-13(11-18)12-19-16/h5-10,12H,4,11,18H2,1-3H3. The molecule has 0 aliphatic heterocycles. The molecule has 0 unspecified atom stereocenters. The summed E-state index contributed by atoms with van der Waals surface area (Å²) in [5.41, 5.74) is 8.05. The molecule has 1 aromatic heterocycles. The van der Waals surface area contributed by atoms with Crippen LogP contribution in [0.25, 0.3) is 0 Å². The van der Waals surface area contributed by atoms with E-state index in [0.717, 1.165) is 17.7 Å². The summed E-state index contributed by atoms with van der Waals surface area (Å²) in [6.07, 6.45) is 2.85. The summed E-state index contributed by atoms with van der Waals surface area (Å²) in [5, 5.41) is 0. The average molecular weight is 270 g/mol. The van der Waals surface area contributed by atoms with Gasteiger partial charge in [0, 0.05) is 18.8 Å². The van der Waals surface area contributed by atoms with Crippen molar-refractivity contribution in [3.05, 3.63) is 53.7 Å². The number of hydrogen-bond donors (Lipinski definition) is 1. The van der Waals surface area contributed by atoms with Gasteiger partial charge in [-0.25, -0.2) is 4.98 Å². The highest BCUT2D eigenvalue weighted by Crippen LogP contribution is 2.29. The lowest BCUT2D eigenvalue weighted by Gasteiger charge is -2.23. The molecule has 0 fully saturated rings. The van der Waals surface area contributed by atoms with Crippen LogP contribution in [0.15, 0.2) is 42.6 Å². The highest BCUT2D eigenvalue weighted by Gasteiger charge is 2.17. The van der Waals surface area contributed by atoms with Crippen molar-refractivity contribution < 1.29 is 4.74 Å². The molecule has 0 aliphatic carbocycles. The predicted molar refractivity (Wildman–Crippen MR) is 82.0 cm³/mol. The quantitative estimate of drug-likeness (QED) is 0.892. The first-order valence-corrected chi connectivity index (χ1v) is 6.98. The van der Waals surface area contributed by atoms with E-state index in [-0.39, 0.29) is 5.41 Å². The second-order valence-corrected chi connectivity index (χ2v) is 5.57. The molecular formula is C17H22N2O. The van der Waals surface area contributed by atoms with Gasteiger partial charge < -0.3 is 10.5 Å². The number of hydrogen-bond acceptors (Lipinski definition) is 3. The second kappa shape index (κ2) is 6.06. The number of pyridine rings is 1. The zero-order valence-electron chi connectivity index (χ0n) is 12.4. The molecule has 2 N–H and O–H groups in total. The first kappa shape index (κ1) is 14.5. The fourth-order valence-electron chi connectivity index (χ4n) is 1.89. The van der Waals surface area contributed by atoms with Crippen LogP contribution in [0.1, 0.15) is 38.3 Å². The summed E-state index contributed by atoms with van der Waals surface area (Å²) >= 11 is 0. The Morgan fingerprint density at radius 2 is 1.80 bits per heavy atom. The molecule has 0 spiro atoms. The van der Waals surface area contributed by atoms with E-state index >= 15 is 0 Å². The third-order valence-corrected chi connectivity index (χ3v) is 3.78. The van der Waals surface area contributed by atoms with Crippen LogP contribution in [0.5, 0.6) is 11.6 Å². The molecular weight excluding hydrogens is 248 g/mol. The van der Waals surface area contributed by atoms with E-state index in [1.54, 1.807) is 6.20 Å². The van der Waals surface area contributed by atoms with Crippen LogP contribution in [0, 0.1) is 0 Å². The Balaban J connectivity index is 2.10. The maximum atomic E-state index is 5.73. The summed E-state index contributed by atoms with van der Waals surface area (Å²) in [6.45, 7) is 7.19. The molecule has 2 aromatic rings. The van der Waals surface area contributed by atoms with E-state index in [4.69, 9.17) is 10.5 Å². The maximum absolute atomic E-state index is 5.73. The van der Waals surface area contributed by atoms with Crippen molar-refractivity contribution in [1.29, 1.82) is 0 Å². The van der Waals surface area contributed by atoms with Crippen molar-refractivity contribution >= 4 is 0 Å². The Hall–Kier alpha value is -1.87. The third kappa shape index (κ3) is 3.36. The summed E-state index contributed by atoms with van der Waals surface area (Å²) in [4.78, 5) is 4.23. The van der Waals surface area contributed by atoms with E-state index in [9.17, 15) is 0 Å². The molecule has 3 heteroatoms. The SMILES string of the molecule is CCC(C)(C)c1ccc(Oc2ccc(CN)cn2)cc1. The molecule has 0 radical (unpaired) electrons. The lowest BCUT2D eigenvalue weighted by molar-refractivity contribution is 0.460. The largest absolute Gasteiger partial charge is 0.439 e. The Kier molecular flexibility index (Phi) is 4.40. The van der Waals surface area contributed by atoms with E-state index < -0.39 is 0 Å². The van der Waals surface area contributed by atoms with Crippen LogP contribution in [-0.4, -0.2) is 4.98 Å². The number of nitrogens with zero attached hydrogens (tertiary/aromatic N) is 1. The van der Waals surface area contributed by atoms with E-state index in [1.165, 1.54) is 5.56 Å². The minimum Gasteiger partial charge on any atom is -0.439 e. The zero-order valence-corrected chi connectivity index (χ0v) is 12.4. The van der Waals surface area contributed by atoms with Gasteiger partial charge in [0.15, 0.2) is 0 Å². The predicted octanol–water partition coefficient (Wildman–Crippen LogP) is 4.02. The first-order chi connectivity index (χ1) is 9.55. The second-order valence-electron chi connectivity index (χ2n) is 5.57. The number of aromatic nitrogens is 1. The Labute approximate surface area is 120 Å². The number of ether oxygens (including phenoxy) is 1. The maximum Gasteiger partial charge on any atom is 0.219 e. The minimum absolute atomic E-state index is 0.194. The Morgan fingerprint density at radius 3 is 2.30 bits per heavy atom. The molecule has 0 amide bonds. The highest BCUT2D eigenvalue weighted by atomic mass is 16.5. The van der Waals surface area contributed by atoms with Gasteiger partial charge in [0.2, 0.25) is 5.88 Å². The molecule has 2 rings (SSSR count). The van der Waals surface area contributed by atoms with Crippen molar-refractivity contribution in [1.82, 2.24) is 4.98 Å². The van der Waals surface area contributed by atoms with Crippen LogP contribution in [0.4, 0.5) is 0 Å². The van der Waals surface area contributed by atoms with Crippen molar-refractivity contribution in [3.63, 3.8) is 0 Å². The molecule has 0 atom stereocenters. The van der Waals surface area contributed by atoms with Crippen LogP contribution < -0.4 is 10.5 Å². The molecule has 3 nitrogen and oxygen atoms in total. The van der Waals surface area contributed by atoms with E-state index in [0.29, 0.717) is 12.4 Å². The zero-order chi connectivity index (χ0) is 14.6. The van der Waals surface area contributed by atoms with Gasteiger partial charge in [-0.05, 0) is 35.1 Å². The fourth-order valence-corrected chi connectivity index (χ4v) is 1.89. The fraction of sp³-hybridized carbons (Fsp3) is 0.353. The van der Waals surface area contributed by atoms with Gasteiger partial charge in [-0.3, -0.25) is 0 Å². The normalized spacial score (nSPS) is 11.4. The van der Waals surface area contributed by atoms with Gasteiger partial charge in [0.1, 0.15) is 5.75 Å². The Bertz CT molecular complexity index is 544. The Morgan fingerprint density at radius 1 is 1.10 bits per heavy atom. The van der Waals surface area contributed by atoms with Crippen LogP contribution >= 0.6 is 0 Å². The van der Waals surface area contributed by atoms with Gasteiger partial charge in [-0.1, -0.05) is 39.0 Å². The van der Waals surface area contributed by atoms with Gasteiger partial charge in [0.25, 0.3) is 0 Å². The summed E-state index contributed by atoms with van der Waals surface area (Å²) in [5.74, 6) is 1.39.